The lowest BCUT2D eigenvalue weighted by molar-refractivity contribution is -0.146. The monoisotopic (exact) mass is 249 g/mol. The lowest BCUT2D eigenvalue weighted by Crippen LogP contribution is -2.22. The van der Waals surface area contributed by atoms with Crippen molar-refractivity contribution in [1.82, 2.24) is 0 Å². The van der Waals surface area contributed by atoms with Crippen molar-refractivity contribution in [3.63, 3.8) is 0 Å². The van der Waals surface area contributed by atoms with E-state index in [-0.39, 0.29) is 11.9 Å². The Hall–Kier alpha value is -1.51. The van der Waals surface area contributed by atoms with E-state index in [9.17, 15) is 4.79 Å². The first kappa shape index (κ1) is 14.6. The van der Waals surface area contributed by atoms with Crippen LogP contribution in [0, 0.1) is 5.92 Å². The highest BCUT2D eigenvalue weighted by molar-refractivity contribution is 5.72. The van der Waals surface area contributed by atoms with Gasteiger partial charge in [0.05, 0.1) is 12.5 Å². The molecular weight excluding hydrogens is 226 g/mol. The van der Waals surface area contributed by atoms with E-state index in [4.69, 9.17) is 4.74 Å². The van der Waals surface area contributed by atoms with Crippen LogP contribution in [-0.2, 0) is 16.0 Å². The molecule has 0 fully saturated rings. The molecule has 1 aromatic carbocycles. The van der Waals surface area contributed by atoms with Gasteiger partial charge in [-0.3, -0.25) is 4.79 Å². The minimum Gasteiger partial charge on any atom is -0.466 e. The quantitative estimate of drug-likeness (QED) is 0.754. The minimum absolute atomic E-state index is 0.125. The fourth-order valence-electron chi connectivity index (χ4n) is 1.72. The first-order valence-electron chi connectivity index (χ1n) is 6.66. The molecule has 0 bridgehead atoms. The van der Waals surface area contributed by atoms with E-state index in [1.54, 1.807) is 0 Å². The number of ether oxygens (including phenoxy) is 1. The van der Waals surface area contributed by atoms with E-state index in [1.807, 2.05) is 13.8 Å². The van der Waals surface area contributed by atoms with Gasteiger partial charge < -0.3 is 10.1 Å². The summed E-state index contributed by atoms with van der Waals surface area (Å²) in [4.78, 5) is 11.4. The summed E-state index contributed by atoms with van der Waals surface area (Å²) in [6, 6.07) is 8.37. The van der Waals surface area contributed by atoms with Crippen LogP contribution < -0.4 is 5.32 Å². The van der Waals surface area contributed by atoms with Crippen molar-refractivity contribution in [2.75, 3.05) is 18.5 Å². The van der Waals surface area contributed by atoms with E-state index in [0.717, 1.165) is 18.5 Å². The van der Waals surface area contributed by atoms with Crippen molar-refractivity contribution in [1.29, 1.82) is 0 Å². The van der Waals surface area contributed by atoms with E-state index in [1.165, 1.54) is 5.56 Å². The van der Waals surface area contributed by atoms with E-state index < -0.39 is 0 Å². The third-order valence-electron chi connectivity index (χ3n) is 2.79. The zero-order valence-electron chi connectivity index (χ0n) is 11.5. The fraction of sp³-hybridized carbons (Fsp3) is 0.533. The molecule has 0 aliphatic heterocycles. The number of anilines is 1. The summed E-state index contributed by atoms with van der Waals surface area (Å²) < 4.78 is 4.96. The Morgan fingerprint density at radius 3 is 2.50 bits per heavy atom. The maximum atomic E-state index is 11.4. The molecule has 0 heterocycles. The summed E-state index contributed by atoms with van der Waals surface area (Å²) in [5.41, 5.74) is 2.40. The average Bonchev–Trinajstić information content (AvgIpc) is 2.38. The minimum atomic E-state index is -0.146. The fourth-order valence-corrected chi connectivity index (χ4v) is 1.72. The smallest absolute Gasteiger partial charge is 0.310 e. The maximum absolute atomic E-state index is 11.4. The van der Waals surface area contributed by atoms with Gasteiger partial charge in [0.1, 0.15) is 0 Å². The van der Waals surface area contributed by atoms with Crippen LogP contribution in [0.1, 0.15) is 32.8 Å². The summed E-state index contributed by atoms with van der Waals surface area (Å²) in [6.45, 7) is 6.91. The number of nitrogens with one attached hydrogen (secondary N) is 1. The first-order valence-corrected chi connectivity index (χ1v) is 6.66. The topological polar surface area (TPSA) is 38.3 Å². The second-order valence-corrected chi connectivity index (χ2v) is 4.48. The number of hydrogen-bond donors (Lipinski definition) is 1. The van der Waals surface area contributed by atoms with Gasteiger partial charge >= 0.3 is 5.97 Å². The highest BCUT2D eigenvalue weighted by Crippen LogP contribution is 2.12. The Bertz CT molecular complexity index is 359. The van der Waals surface area contributed by atoms with Gasteiger partial charge in [-0.1, -0.05) is 32.4 Å². The van der Waals surface area contributed by atoms with Crippen LogP contribution in [0.15, 0.2) is 24.3 Å². The van der Waals surface area contributed by atoms with Crippen LogP contribution in [0.2, 0.25) is 0 Å². The molecule has 0 aromatic heterocycles. The summed E-state index contributed by atoms with van der Waals surface area (Å²) >= 11 is 0. The molecular formula is C15H23NO2. The maximum Gasteiger partial charge on any atom is 0.310 e. The van der Waals surface area contributed by atoms with Crippen molar-refractivity contribution in [3.8, 4) is 0 Å². The molecule has 3 nitrogen and oxygen atoms in total. The Labute approximate surface area is 110 Å². The normalized spacial score (nSPS) is 11.9. The van der Waals surface area contributed by atoms with Crippen molar-refractivity contribution in [3.05, 3.63) is 29.8 Å². The second kappa shape index (κ2) is 7.75. The van der Waals surface area contributed by atoms with Crippen molar-refractivity contribution in [2.45, 2.75) is 33.6 Å². The average molecular weight is 249 g/mol. The lowest BCUT2D eigenvalue weighted by Gasteiger charge is -2.12. The molecule has 0 radical (unpaired) electrons. The largest absolute Gasteiger partial charge is 0.466 e. The zero-order chi connectivity index (χ0) is 13.4. The molecule has 0 spiro atoms. The van der Waals surface area contributed by atoms with Gasteiger partial charge in [0.25, 0.3) is 0 Å². The van der Waals surface area contributed by atoms with E-state index >= 15 is 0 Å². The van der Waals surface area contributed by atoms with Gasteiger partial charge in [0.15, 0.2) is 0 Å². The molecule has 1 unspecified atom stereocenters. The number of benzene rings is 1. The van der Waals surface area contributed by atoms with Gasteiger partial charge in [0.2, 0.25) is 0 Å². The van der Waals surface area contributed by atoms with Gasteiger partial charge in [-0.05, 0) is 31.0 Å². The number of carbonyl (C=O) groups excluding carboxylic acids is 1. The molecule has 0 aliphatic rings. The molecule has 100 valence electrons. The zero-order valence-corrected chi connectivity index (χ0v) is 11.5. The highest BCUT2D eigenvalue weighted by Gasteiger charge is 2.13. The number of rotatable bonds is 7. The number of carbonyl (C=O) groups is 1. The summed E-state index contributed by atoms with van der Waals surface area (Å²) in [5, 5.41) is 3.25. The Morgan fingerprint density at radius 1 is 1.28 bits per heavy atom. The molecule has 1 aromatic rings. The molecule has 0 saturated carbocycles. The summed E-state index contributed by atoms with van der Waals surface area (Å²) in [5.74, 6) is -0.270. The molecule has 0 saturated heterocycles. The number of hydrogen-bond acceptors (Lipinski definition) is 3. The number of esters is 1. The Balaban J connectivity index is 2.41. The van der Waals surface area contributed by atoms with Gasteiger partial charge in [0, 0.05) is 12.2 Å². The molecule has 1 N–H and O–H groups in total. The predicted octanol–water partition coefficient (Wildman–Crippen LogP) is 3.25. The van der Waals surface area contributed by atoms with Gasteiger partial charge in [-0.15, -0.1) is 0 Å². The van der Waals surface area contributed by atoms with Crippen LogP contribution in [-0.4, -0.2) is 19.1 Å². The predicted molar refractivity (Wildman–Crippen MR) is 74.7 cm³/mol. The van der Waals surface area contributed by atoms with Crippen LogP contribution in [0.5, 0.6) is 0 Å². The third-order valence-corrected chi connectivity index (χ3v) is 2.79. The van der Waals surface area contributed by atoms with Crippen molar-refractivity contribution >= 4 is 11.7 Å². The Morgan fingerprint density at radius 2 is 1.94 bits per heavy atom. The summed E-state index contributed by atoms with van der Waals surface area (Å²) in [6.07, 6.45) is 2.27. The molecule has 1 atom stereocenters. The van der Waals surface area contributed by atoms with E-state index in [0.29, 0.717) is 13.2 Å². The summed E-state index contributed by atoms with van der Waals surface area (Å²) in [7, 11) is 0. The lowest BCUT2D eigenvalue weighted by atomic mass is 10.1. The van der Waals surface area contributed by atoms with Crippen LogP contribution >= 0.6 is 0 Å². The van der Waals surface area contributed by atoms with Gasteiger partial charge in [-0.2, -0.15) is 0 Å². The van der Waals surface area contributed by atoms with Crippen LogP contribution in [0.25, 0.3) is 0 Å². The van der Waals surface area contributed by atoms with Gasteiger partial charge in [-0.25, -0.2) is 0 Å². The van der Waals surface area contributed by atoms with Crippen molar-refractivity contribution < 1.29 is 9.53 Å². The van der Waals surface area contributed by atoms with E-state index in [2.05, 4.69) is 36.5 Å². The van der Waals surface area contributed by atoms with Crippen LogP contribution in [0.3, 0.4) is 0 Å². The molecule has 3 heteroatoms. The third kappa shape index (κ3) is 4.78. The second-order valence-electron chi connectivity index (χ2n) is 4.48. The molecule has 18 heavy (non-hydrogen) atoms. The number of aryl methyl sites for hydroxylation is 1. The first-order chi connectivity index (χ1) is 8.67. The highest BCUT2D eigenvalue weighted by atomic mass is 16.5. The standard InChI is InChI=1S/C15H23NO2/c1-4-6-13-7-9-14(10-8-13)16-11-12(3)15(17)18-5-2/h7-10,12,16H,4-6,11H2,1-3H3. The molecule has 0 amide bonds. The SMILES string of the molecule is CCCc1ccc(NCC(C)C(=O)OCC)cc1. The van der Waals surface area contributed by atoms with Crippen molar-refractivity contribution in [2.24, 2.45) is 5.92 Å². The molecule has 0 aliphatic carbocycles. The Kier molecular flexibility index (Phi) is 6.26. The van der Waals surface area contributed by atoms with Crippen LogP contribution in [0.4, 0.5) is 5.69 Å². The molecule has 1 rings (SSSR count).